The molecule has 0 radical (unpaired) electrons. The molecule has 0 unspecified atom stereocenters. The van der Waals surface area contributed by atoms with Gasteiger partial charge in [0.1, 0.15) is 0 Å². The molecular formula is C22H31N2OP. The normalized spacial score (nSPS) is 17.3. The summed E-state index contributed by atoms with van der Waals surface area (Å²) in [5, 5.41) is 5.39. The van der Waals surface area contributed by atoms with Crippen molar-refractivity contribution in [1.82, 2.24) is 9.99 Å². The first-order valence-electron chi connectivity index (χ1n) is 9.81. The number of hydrogen-bond donors (Lipinski definition) is 1. The third kappa shape index (κ3) is 4.65. The van der Waals surface area contributed by atoms with E-state index < -0.39 is 7.29 Å². The first kappa shape index (κ1) is 19.4. The van der Waals surface area contributed by atoms with Crippen LogP contribution in [0.4, 0.5) is 0 Å². The lowest BCUT2D eigenvalue weighted by molar-refractivity contribution is 0.197. The van der Waals surface area contributed by atoms with Crippen LogP contribution in [-0.2, 0) is 4.57 Å². The van der Waals surface area contributed by atoms with Gasteiger partial charge in [-0.2, -0.15) is 0 Å². The molecule has 0 bridgehead atoms. The Morgan fingerprint density at radius 1 is 0.885 bits per heavy atom. The van der Waals surface area contributed by atoms with E-state index in [2.05, 4.69) is 23.8 Å². The summed E-state index contributed by atoms with van der Waals surface area (Å²) >= 11 is 0. The van der Waals surface area contributed by atoms with E-state index in [0.717, 1.165) is 30.2 Å². The highest BCUT2D eigenvalue weighted by molar-refractivity contribution is 7.76. The van der Waals surface area contributed by atoms with E-state index in [1.54, 1.807) is 0 Å². The quantitative estimate of drug-likeness (QED) is 0.748. The molecule has 3 rings (SSSR count). The summed E-state index contributed by atoms with van der Waals surface area (Å²) in [5.41, 5.74) is 0. The summed E-state index contributed by atoms with van der Waals surface area (Å²) < 4.78 is 14.2. The summed E-state index contributed by atoms with van der Waals surface area (Å²) in [6, 6.07) is 20.0. The summed E-state index contributed by atoms with van der Waals surface area (Å²) in [6.07, 6.45) is 3.89. The van der Waals surface area contributed by atoms with E-state index in [1.165, 1.54) is 19.3 Å². The average Bonchev–Trinajstić information content (AvgIpc) is 2.69. The number of rotatable bonds is 7. The number of nitrogens with one attached hydrogen (secondary N) is 1. The van der Waals surface area contributed by atoms with Crippen molar-refractivity contribution in [3.63, 3.8) is 0 Å². The molecule has 2 aromatic rings. The van der Waals surface area contributed by atoms with Crippen molar-refractivity contribution in [2.45, 2.75) is 39.2 Å². The van der Waals surface area contributed by atoms with Gasteiger partial charge in [0.05, 0.1) is 0 Å². The minimum absolute atomic E-state index is 0.194. The number of piperidine rings is 1. The van der Waals surface area contributed by atoms with Gasteiger partial charge in [-0.1, -0.05) is 56.7 Å². The zero-order valence-corrected chi connectivity index (χ0v) is 16.9. The van der Waals surface area contributed by atoms with Crippen LogP contribution in [0.15, 0.2) is 60.7 Å². The number of benzene rings is 2. The molecule has 1 fully saturated rings. The zero-order chi connectivity index (χ0) is 18.4. The van der Waals surface area contributed by atoms with Crippen molar-refractivity contribution < 1.29 is 4.57 Å². The molecule has 0 spiro atoms. The third-order valence-corrected chi connectivity index (χ3v) is 8.04. The lowest BCUT2D eigenvalue weighted by Gasteiger charge is -2.35. The SMILES string of the molecule is CC(C)[C@@H](CN1CCCCC1)NP(=O)(c1ccccc1)c1ccccc1. The number of hydrogen-bond acceptors (Lipinski definition) is 2. The molecule has 140 valence electrons. The maximum atomic E-state index is 14.2. The molecule has 0 aromatic heterocycles. The van der Waals surface area contributed by atoms with Crippen LogP contribution >= 0.6 is 7.29 Å². The highest BCUT2D eigenvalue weighted by atomic mass is 31.2. The summed E-state index contributed by atoms with van der Waals surface area (Å²) in [5.74, 6) is 0.415. The number of nitrogens with zero attached hydrogens (tertiary/aromatic N) is 1. The minimum Gasteiger partial charge on any atom is -0.302 e. The van der Waals surface area contributed by atoms with Crippen molar-refractivity contribution >= 4 is 17.9 Å². The second-order valence-electron chi connectivity index (χ2n) is 7.62. The summed E-state index contributed by atoms with van der Waals surface area (Å²) in [6.45, 7) is 7.73. The maximum absolute atomic E-state index is 14.2. The molecule has 1 heterocycles. The van der Waals surface area contributed by atoms with E-state index in [1.807, 2.05) is 60.7 Å². The van der Waals surface area contributed by atoms with Crippen LogP contribution in [0, 0.1) is 5.92 Å². The van der Waals surface area contributed by atoms with E-state index in [-0.39, 0.29) is 6.04 Å². The topological polar surface area (TPSA) is 32.3 Å². The maximum Gasteiger partial charge on any atom is 0.204 e. The predicted molar refractivity (Wildman–Crippen MR) is 112 cm³/mol. The smallest absolute Gasteiger partial charge is 0.204 e. The molecule has 0 aliphatic carbocycles. The molecule has 1 aliphatic heterocycles. The van der Waals surface area contributed by atoms with Crippen molar-refractivity contribution in [1.29, 1.82) is 0 Å². The summed E-state index contributed by atoms with van der Waals surface area (Å²) in [7, 11) is -2.88. The Morgan fingerprint density at radius 2 is 1.38 bits per heavy atom. The number of likely N-dealkylation sites (tertiary alicyclic amines) is 1. The molecule has 0 saturated carbocycles. The van der Waals surface area contributed by atoms with E-state index in [4.69, 9.17) is 0 Å². The fourth-order valence-electron chi connectivity index (χ4n) is 3.63. The highest BCUT2D eigenvalue weighted by Gasteiger charge is 2.32. The van der Waals surface area contributed by atoms with Crippen LogP contribution in [0.25, 0.3) is 0 Å². The lowest BCUT2D eigenvalue weighted by Crippen LogP contribution is -2.47. The monoisotopic (exact) mass is 370 g/mol. The standard InChI is InChI=1S/C22H31N2OP/c1-19(2)22(18-24-16-10-5-11-17-24)23-26(25,20-12-6-3-7-13-20)21-14-8-4-9-15-21/h3-4,6-9,12-15,19,22H,5,10-11,16-18H2,1-2H3,(H,23,25)/t22-/m1/s1. The van der Waals surface area contributed by atoms with Gasteiger partial charge in [0, 0.05) is 23.2 Å². The van der Waals surface area contributed by atoms with Crippen molar-refractivity contribution in [3.05, 3.63) is 60.7 Å². The Labute approximate surface area is 158 Å². The largest absolute Gasteiger partial charge is 0.302 e. The second kappa shape index (κ2) is 8.99. The van der Waals surface area contributed by atoms with Crippen LogP contribution in [-0.4, -0.2) is 30.6 Å². The van der Waals surface area contributed by atoms with Crippen molar-refractivity contribution in [3.8, 4) is 0 Å². The van der Waals surface area contributed by atoms with Gasteiger partial charge in [0.2, 0.25) is 7.29 Å². The van der Waals surface area contributed by atoms with Crippen molar-refractivity contribution in [2.75, 3.05) is 19.6 Å². The van der Waals surface area contributed by atoms with Crippen LogP contribution in [0.2, 0.25) is 0 Å². The summed E-state index contributed by atoms with van der Waals surface area (Å²) in [4.78, 5) is 2.53. The molecule has 0 amide bonds. The van der Waals surface area contributed by atoms with Gasteiger partial charge in [-0.05, 0) is 56.1 Å². The molecule has 2 aromatic carbocycles. The molecule has 1 aliphatic rings. The van der Waals surface area contributed by atoms with Crippen LogP contribution in [0.1, 0.15) is 33.1 Å². The van der Waals surface area contributed by atoms with Crippen LogP contribution < -0.4 is 15.7 Å². The Balaban J connectivity index is 1.89. The molecule has 26 heavy (non-hydrogen) atoms. The predicted octanol–water partition coefficient (Wildman–Crippen LogP) is 4.02. The van der Waals surface area contributed by atoms with E-state index in [9.17, 15) is 4.57 Å². The van der Waals surface area contributed by atoms with E-state index in [0.29, 0.717) is 5.92 Å². The Hall–Kier alpha value is -1.41. The first-order chi connectivity index (χ1) is 12.6. The molecular weight excluding hydrogens is 339 g/mol. The average molecular weight is 370 g/mol. The third-order valence-electron chi connectivity index (χ3n) is 5.30. The van der Waals surface area contributed by atoms with Gasteiger partial charge in [-0.25, -0.2) is 0 Å². The van der Waals surface area contributed by atoms with Gasteiger partial charge in [0.15, 0.2) is 0 Å². The minimum atomic E-state index is -2.88. The van der Waals surface area contributed by atoms with Crippen LogP contribution in [0.5, 0.6) is 0 Å². The van der Waals surface area contributed by atoms with Gasteiger partial charge < -0.3 is 4.90 Å². The Kier molecular flexibility index (Phi) is 6.69. The second-order valence-corrected chi connectivity index (χ2v) is 10.1. The molecule has 1 atom stereocenters. The fraction of sp³-hybridized carbons (Fsp3) is 0.455. The lowest BCUT2D eigenvalue weighted by atomic mass is 10.0. The molecule has 1 saturated heterocycles. The zero-order valence-electron chi connectivity index (χ0n) is 16.0. The molecule has 4 heteroatoms. The van der Waals surface area contributed by atoms with Gasteiger partial charge >= 0.3 is 0 Å². The molecule has 3 nitrogen and oxygen atoms in total. The molecule has 1 N–H and O–H groups in total. The van der Waals surface area contributed by atoms with Gasteiger partial charge in [-0.15, -0.1) is 0 Å². The first-order valence-corrected chi connectivity index (χ1v) is 11.5. The van der Waals surface area contributed by atoms with Crippen LogP contribution in [0.3, 0.4) is 0 Å². The fourth-order valence-corrected chi connectivity index (χ4v) is 6.26. The van der Waals surface area contributed by atoms with Crippen molar-refractivity contribution in [2.24, 2.45) is 5.92 Å². The van der Waals surface area contributed by atoms with Gasteiger partial charge in [0.25, 0.3) is 0 Å². The Bertz CT molecular complexity index is 668. The highest BCUT2D eigenvalue weighted by Crippen LogP contribution is 2.40. The van der Waals surface area contributed by atoms with Gasteiger partial charge in [-0.3, -0.25) is 9.65 Å². The van der Waals surface area contributed by atoms with E-state index >= 15 is 0 Å². The Morgan fingerprint density at radius 3 is 1.85 bits per heavy atom.